The van der Waals surface area contributed by atoms with E-state index < -0.39 is 5.97 Å². The molecule has 0 spiro atoms. The minimum Gasteiger partial charge on any atom is -0.478 e. The summed E-state index contributed by atoms with van der Waals surface area (Å²) in [6.07, 6.45) is 2.42. The highest BCUT2D eigenvalue weighted by Crippen LogP contribution is 2.25. The Bertz CT molecular complexity index is 522. The van der Waals surface area contributed by atoms with Gasteiger partial charge >= 0.3 is 5.97 Å². The molecule has 1 aromatic carbocycles. The first-order valence-electron chi connectivity index (χ1n) is 7.33. The molecule has 3 N–H and O–H groups in total. The average Bonchev–Trinajstić information content (AvgIpc) is 2.48. The summed E-state index contributed by atoms with van der Waals surface area (Å²) in [7, 11) is 0. The first kappa shape index (κ1) is 15.5. The maximum absolute atomic E-state index is 12.3. The highest BCUT2D eigenvalue weighted by Gasteiger charge is 2.34. The van der Waals surface area contributed by atoms with Gasteiger partial charge in [0.05, 0.1) is 11.0 Å². The van der Waals surface area contributed by atoms with Crippen molar-refractivity contribution in [1.82, 2.24) is 10.6 Å². The first-order chi connectivity index (χ1) is 10.0. The third kappa shape index (κ3) is 3.82. The van der Waals surface area contributed by atoms with Gasteiger partial charge in [-0.3, -0.25) is 4.79 Å². The van der Waals surface area contributed by atoms with Crippen LogP contribution >= 0.6 is 0 Å². The molecular weight excluding hydrogens is 268 g/mol. The van der Waals surface area contributed by atoms with Crippen LogP contribution in [0.25, 0.3) is 0 Å². The molecular formula is C16H22N2O3. The summed E-state index contributed by atoms with van der Waals surface area (Å²) in [6, 6.07) is 6.90. The van der Waals surface area contributed by atoms with Gasteiger partial charge in [0.15, 0.2) is 0 Å². The van der Waals surface area contributed by atoms with E-state index in [0.717, 1.165) is 24.9 Å². The van der Waals surface area contributed by atoms with Crippen LogP contribution in [0, 0.1) is 5.41 Å². The summed E-state index contributed by atoms with van der Waals surface area (Å²) in [5.41, 5.74) is 0.694. The van der Waals surface area contributed by atoms with Crippen molar-refractivity contribution in [2.24, 2.45) is 5.41 Å². The van der Waals surface area contributed by atoms with Gasteiger partial charge in [-0.1, -0.05) is 18.2 Å². The van der Waals surface area contributed by atoms with Gasteiger partial charge in [-0.25, -0.2) is 4.79 Å². The summed E-state index contributed by atoms with van der Waals surface area (Å²) >= 11 is 0. The fraction of sp³-hybridized carbons (Fsp3) is 0.500. The molecule has 0 aromatic heterocycles. The van der Waals surface area contributed by atoms with E-state index in [1.165, 1.54) is 0 Å². The van der Waals surface area contributed by atoms with Crippen molar-refractivity contribution in [3.05, 3.63) is 35.4 Å². The zero-order valence-corrected chi connectivity index (χ0v) is 12.3. The smallest absolute Gasteiger partial charge is 0.335 e. The largest absolute Gasteiger partial charge is 0.478 e. The lowest BCUT2D eigenvalue weighted by atomic mass is 9.82. The van der Waals surface area contributed by atoms with Gasteiger partial charge in [-0.2, -0.15) is 0 Å². The van der Waals surface area contributed by atoms with E-state index in [2.05, 4.69) is 10.6 Å². The second-order valence-electron chi connectivity index (χ2n) is 5.81. The Kier molecular flexibility index (Phi) is 4.96. The van der Waals surface area contributed by atoms with E-state index in [1.807, 2.05) is 13.0 Å². The summed E-state index contributed by atoms with van der Waals surface area (Å²) < 4.78 is 0. The number of carbonyl (C=O) groups is 2. The number of carbonyl (C=O) groups excluding carboxylic acids is 1. The van der Waals surface area contributed by atoms with Crippen LogP contribution in [0.3, 0.4) is 0 Å². The summed E-state index contributed by atoms with van der Waals surface area (Å²) in [5, 5.41) is 15.3. The second-order valence-corrected chi connectivity index (χ2v) is 5.81. The predicted octanol–water partition coefficient (Wildman–Crippen LogP) is 1.43. The van der Waals surface area contributed by atoms with Crippen molar-refractivity contribution in [2.75, 3.05) is 19.6 Å². The van der Waals surface area contributed by atoms with Gasteiger partial charge in [-0.05, 0) is 44.4 Å². The highest BCUT2D eigenvalue weighted by atomic mass is 16.4. The number of aromatic carboxylic acids is 1. The number of hydrogen-bond donors (Lipinski definition) is 3. The Morgan fingerprint density at radius 3 is 2.81 bits per heavy atom. The normalized spacial score (nSPS) is 21.8. The van der Waals surface area contributed by atoms with Crippen LogP contribution in [0.2, 0.25) is 0 Å². The molecule has 0 bridgehead atoms. The molecule has 1 heterocycles. The molecule has 0 radical (unpaired) electrons. The Labute approximate surface area is 124 Å². The predicted molar refractivity (Wildman–Crippen MR) is 80.3 cm³/mol. The van der Waals surface area contributed by atoms with Crippen molar-refractivity contribution in [3.8, 4) is 0 Å². The Morgan fingerprint density at radius 1 is 1.38 bits per heavy atom. The monoisotopic (exact) mass is 290 g/mol. The van der Waals surface area contributed by atoms with Crippen LogP contribution in [0.4, 0.5) is 0 Å². The quantitative estimate of drug-likeness (QED) is 0.766. The third-order valence-corrected chi connectivity index (χ3v) is 4.07. The number of rotatable bonds is 5. The molecule has 1 unspecified atom stereocenters. The SMILES string of the molecule is CC1(C(=O)NCCc2ccccc2C(=O)O)CCCNC1. The van der Waals surface area contributed by atoms with E-state index in [0.29, 0.717) is 25.1 Å². The van der Waals surface area contributed by atoms with Crippen LogP contribution in [-0.2, 0) is 11.2 Å². The van der Waals surface area contributed by atoms with Crippen LogP contribution in [-0.4, -0.2) is 36.6 Å². The number of carboxylic acids is 1. The zero-order chi connectivity index (χ0) is 15.3. The fourth-order valence-corrected chi connectivity index (χ4v) is 2.72. The highest BCUT2D eigenvalue weighted by molar-refractivity contribution is 5.89. The lowest BCUT2D eigenvalue weighted by molar-refractivity contribution is -0.131. The van der Waals surface area contributed by atoms with E-state index in [9.17, 15) is 9.59 Å². The third-order valence-electron chi connectivity index (χ3n) is 4.07. The first-order valence-corrected chi connectivity index (χ1v) is 7.33. The molecule has 21 heavy (non-hydrogen) atoms. The van der Waals surface area contributed by atoms with Gasteiger partial charge < -0.3 is 15.7 Å². The van der Waals surface area contributed by atoms with Gasteiger partial charge in [-0.15, -0.1) is 0 Å². The number of nitrogens with one attached hydrogen (secondary N) is 2. The molecule has 1 fully saturated rings. The lowest BCUT2D eigenvalue weighted by Crippen LogP contribution is -2.49. The molecule has 1 aromatic rings. The lowest BCUT2D eigenvalue weighted by Gasteiger charge is -2.32. The number of carboxylic acid groups (broad SMARTS) is 1. The standard InChI is InChI=1S/C16H22N2O3/c1-16(8-4-9-17-11-16)15(21)18-10-7-12-5-2-3-6-13(12)14(19)20/h2-3,5-6,17H,4,7-11H2,1H3,(H,18,21)(H,19,20). The Balaban J connectivity index is 1.90. The minimum atomic E-state index is -0.930. The molecule has 1 atom stereocenters. The summed E-state index contributed by atoms with van der Waals surface area (Å²) in [4.78, 5) is 23.4. The Morgan fingerprint density at radius 2 is 2.14 bits per heavy atom. The zero-order valence-electron chi connectivity index (χ0n) is 12.3. The van der Waals surface area contributed by atoms with Gasteiger partial charge in [0.1, 0.15) is 0 Å². The minimum absolute atomic E-state index is 0.0440. The molecule has 5 heteroatoms. The van der Waals surface area contributed by atoms with Crippen molar-refractivity contribution < 1.29 is 14.7 Å². The second kappa shape index (κ2) is 6.72. The van der Waals surface area contributed by atoms with Crippen LogP contribution in [0.1, 0.15) is 35.7 Å². The van der Waals surface area contributed by atoms with Gasteiger partial charge in [0, 0.05) is 13.1 Å². The number of hydrogen-bond acceptors (Lipinski definition) is 3. The maximum atomic E-state index is 12.3. The number of benzene rings is 1. The van der Waals surface area contributed by atoms with Gasteiger partial charge in [0.2, 0.25) is 5.91 Å². The van der Waals surface area contributed by atoms with Crippen molar-refractivity contribution in [2.45, 2.75) is 26.2 Å². The van der Waals surface area contributed by atoms with E-state index in [1.54, 1.807) is 18.2 Å². The summed E-state index contributed by atoms with van der Waals surface area (Å²) in [5.74, 6) is -0.886. The topological polar surface area (TPSA) is 78.4 Å². The molecule has 0 aliphatic carbocycles. The molecule has 1 saturated heterocycles. The van der Waals surface area contributed by atoms with E-state index >= 15 is 0 Å². The van der Waals surface area contributed by atoms with Crippen molar-refractivity contribution in [1.29, 1.82) is 0 Å². The molecule has 2 rings (SSSR count). The average molecular weight is 290 g/mol. The number of piperidine rings is 1. The molecule has 1 amide bonds. The molecule has 0 saturated carbocycles. The van der Waals surface area contributed by atoms with Crippen LogP contribution < -0.4 is 10.6 Å². The summed E-state index contributed by atoms with van der Waals surface area (Å²) in [6.45, 7) is 4.10. The van der Waals surface area contributed by atoms with E-state index in [-0.39, 0.29) is 11.3 Å². The number of amides is 1. The molecule has 5 nitrogen and oxygen atoms in total. The maximum Gasteiger partial charge on any atom is 0.335 e. The van der Waals surface area contributed by atoms with Crippen LogP contribution in [0.15, 0.2) is 24.3 Å². The molecule has 1 aliphatic rings. The Hall–Kier alpha value is -1.88. The van der Waals surface area contributed by atoms with E-state index in [4.69, 9.17) is 5.11 Å². The van der Waals surface area contributed by atoms with Gasteiger partial charge in [0.25, 0.3) is 0 Å². The van der Waals surface area contributed by atoms with Crippen LogP contribution in [0.5, 0.6) is 0 Å². The van der Waals surface area contributed by atoms with Crippen molar-refractivity contribution in [3.63, 3.8) is 0 Å². The fourth-order valence-electron chi connectivity index (χ4n) is 2.72. The molecule has 114 valence electrons. The molecule has 1 aliphatic heterocycles. The van der Waals surface area contributed by atoms with Crippen molar-refractivity contribution >= 4 is 11.9 Å².